The van der Waals surface area contributed by atoms with Gasteiger partial charge in [0, 0.05) is 11.4 Å². The summed E-state index contributed by atoms with van der Waals surface area (Å²) < 4.78 is 22.5. The molecule has 134 valence electrons. The lowest BCUT2D eigenvalue weighted by molar-refractivity contribution is -0.116. The van der Waals surface area contributed by atoms with Crippen LogP contribution in [0.5, 0.6) is 0 Å². The number of benzene rings is 3. The monoisotopic (exact) mass is 369 g/mol. The normalized spacial score (nSPS) is 12.5. The lowest BCUT2D eigenvalue weighted by Gasteiger charge is -2.16. The summed E-state index contributed by atoms with van der Waals surface area (Å²) in [5.41, 5.74) is 1.34. The summed E-state index contributed by atoms with van der Waals surface area (Å²) in [6.07, 6.45) is 0. The molecule has 7 heteroatoms. The fourth-order valence-electron chi connectivity index (χ4n) is 2.57. The van der Waals surface area contributed by atoms with Gasteiger partial charge in [-0.05, 0) is 54.1 Å². The van der Waals surface area contributed by atoms with Crippen LogP contribution in [0.25, 0.3) is 10.8 Å². The maximum absolute atomic E-state index is 12.3. The van der Waals surface area contributed by atoms with Gasteiger partial charge < -0.3 is 10.6 Å². The molecule has 26 heavy (non-hydrogen) atoms. The first-order valence-electron chi connectivity index (χ1n) is 8.02. The largest absolute Gasteiger partial charge is 0.374 e. The zero-order valence-corrected chi connectivity index (χ0v) is 15.0. The second kappa shape index (κ2) is 7.15. The lowest BCUT2D eigenvalue weighted by atomic mass is 10.1. The average Bonchev–Trinajstić information content (AvgIpc) is 2.61. The van der Waals surface area contributed by atoms with Gasteiger partial charge >= 0.3 is 0 Å². The molecule has 0 heterocycles. The van der Waals surface area contributed by atoms with Crippen molar-refractivity contribution in [2.24, 2.45) is 5.14 Å². The number of nitrogens with one attached hydrogen (secondary N) is 2. The third kappa shape index (κ3) is 4.19. The van der Waals surface area contributed by atoms with Crippen molar-refractivity contribution >= 4 is 38.1 Å². The average molecular weight is 369 g/mol. The predicted octanol–water partition coefficient (Wildman–Crippen LogP) is 2.93. The minimum Gasteiger partial charge on any atom is -0.374 e. The van der Waals surface area contributed by atoms with E-state index in [0.717, 1.165) is 16.5 Å². The Morgan fingerprint density at radius 3 is 2.19 bits per heavy atom. The Balaban J connectivity index is 1.67. The fraction of sp³-hybridized carbons (Fsp3) is 0.105. The highest BCUT2D eigenvalue weighted by molar-refractivity contribution is 7.89. The molecular weight excluding hydrogens is 350 g/mol. The molecule has 0 spiro atoms. The number of fused-ring (bicyclic) bond motifs is 1. The van der Waals surface area contributed by atoms with Crippen LogP contribution in [0.2, 0.25) is 0 Å². The van der Waals surface area contributed by atoms with Gasteiger partial charge in [0.25, 0.3) is 0 Å². The first kappa shape index (κ1) is 17.9. The van der Waals surface area contributed by atoms with Crippen molar-refractivity contribution in [3.05, 3.63) is 66.7 Å². The molecule has 0 aliphatic heterocycles. The quantitative estimate of drug-likeness (QED) is 0.643. The number of anilines is 2. The molecule has 0 radical (unpaired) electrons. The lowest BCUT2D eigenvalue weighted by Crippen LogP contribution is -2.31. The molecular formula is C19H19N3O3S. The van der Waals surface area contributed by atoms with Gasteiger partial charge in [0.2, 0.25) is 15.9 Å². The van der Waals surface area contributed by atoms with E-state index in [1.165, 1.54) is 24.3 Å². The van der Waals surface area contributed by atoms with Crippen LogP contribution in [-0.4, -0.2) is 20.4 Å². The van der Waals surface area contributed by atoms with Crippen molar-refractivity contribution < 1.29 is 13.2 Å². The van der Waals surface area contributed by atoms with Crippen LogP contribution in [-0.2, 0) is 14.8 Å². The summed E-state index contributed by atoms with van der Waals surface area (Å²) in [6, 6.07) is 19.1. The van der Waals surface area contributed by atoms with E-state index in [4.69, 9.17) is 5.14 Å². The molecule has 0 saturated heterocycles. The second-order valence-corrected chi connectivity index (χ2v) is 7.55. The summed E-state index contributed by atoms with van der Waals surface area (Å²) >= 11 is 0. The Morgan fingerprint density at radius 2 is 1.54 bits per heavy atom. The van der Waals surface area contributed by atoms with E-state index in [1.807, 2.05) is 42.5 Å². The van der Waals surface area contributed by atoms with E-state index in [-0.39, 0.29) is 10.8 Å². The molecule has 0 aromatic heterocycles. The molecule has 4 N–H and O–H groups in total. The third-order valence-electron chi connectivity index (χ3n) is 3.98. The van der Waals surface area contributed by atoms with Crippen molar-refractivity contribution in [3.63, 3.8) is 0 Å². The van der Waals surface area contributed by atoms with Crippen LogP contribution in [0.3, 0.4) is 0 Å². The number of carbonyl (C=O) groups excluding carboxylic acids is 1. The smallest absolute Gasteiger partial charge is 0.246 e. The number of rotatable bonds is 5. The number of sulfonamides is 1. The van der Waals surface area contributed by atoms with Crippen LogP contribution in [0.4, 0.5) is 11.4 Å². The van der Waals surface area contributed by atoms with Crippen molar-refractivity contribution in [3.8, 4) is 0 Å². The van der Waals surface area contributed by atoms with Gasteiger partial charge in [-0.2, -0.15) is 0 Å². The summed E-state index contributed by atoms with van der Waals surface area (Å²) in [4.78, 5) is 12.3. The minimum absolute atomic E-state index is 0.00200. The molecule has 1 atom stereocenters. The maximum atomic E-state index is 12.3. The predicted molar refractivity (Wildman–Crippen MR) is 103 cm³/mol. The van der Waals surface area contributed by atoms with E-state index in [0.29, 0.717) is 5.69 Å². The first-order chi connectivity index (χ1) is 12.3. The van der Waals surface area contributed by atoms with Crippen LogP contribution in [0.15, 0.2) is 71.6 Å². The summed E-state index contributed by atoms with van der Waals surface area (Å²) in [6.45, 7) is 1.75. The first-order valence-corrected chi connectivity index (χ1v) is 9.57. The maximum Gasteiger partial charge on any atom is 0.246 e. The van der Waals surface area contributed by atoms with E-state index in [2.05, 4.69) is 10.6 Å². The number of carbonyl (C=O) groups is 1. The summed E-state index contributed by atoms with van der Waals surface area (Å²) in [5, 5.41) is 13.2. The molecule has 0 bridgehead atoms. The number of hydrogen-bond acceptors (Lipinski definition) is 4. The molecule has 1 amide bonds. The fourth-order valence-corrected chi connectivity index (χ4v) is 3.09. The standard InChI is InChI=1S/C19H19N3O3S/c1-13(21-17-7-6-14-4-2-3-5-15(14)12-17)19(23)22-16-8-10-18(11-9-16)26(20,24)25/h2-13,21H,1H3,(H,22,23)(H2,20,24,25). The Bertz CT molecular complexity index is 1050. The highest BCUT2D eigenvalue weighted by atomic mass is 32.2. The molecule has 1 unspecified atom stereocenters. The third-order valence-corrected chi connectivity index (χ3v) is 4.91. The number of hydrogen-bond donors (Lipinski definition) is 3. The number of nitrogens with two attached hydrogens (primary N) is 1. The van der Waals surface area contributed by atoms with Gasteiger partial charge in [-0.25, -0.2) is 13.6 Å². The Kier molecular flexibility index (Phi) is 4.92. The number of primary sulfonamides is 1. The summed E-state index contributed by atoms with van der Waals surface area (Å²) in [7, 11) is -3.75. The Labute approximate surface area is 152 Å². The minimum atomic E-state index is -3.75. The van der Waals surface area contributed by atoms with Gasteiger partial charge in [-0.1, -0.05) is 30.3 Å². The molecule has 0 aliphatic carbocycles. The molecule has 3 aromatic rings. The van der Waals surface area contributed by atoms with Gasteiger partial charge in [0.15, 0.2) is 0 Å². The van der Waals surface area contributed by atoms with Crippen molar-refractivity contribution in [1.82, 2.24) is 0 Å². The molecule has 6 nitrogen and oxygen atoms in total. The van der Waals surface area contributed by atoms with E-state index >= 15 is 0 Å². The number of amides is 1. The molecule has 0 fully saturated rings. The SMILES string of the molecule is CC(Nc1ccc2ccccc2c1)C(=O)Nc1ccc(S(N)(=O)=O)cc1. The van der Waals surface area contributed by atoms with Gasteiger partial charge in [0.05, 0.1) is 4.90 Å². The zero-order valence-electron chi connectivity index (χ0n) is 14.1. The molecule has 0 saturated carbocycles. The van der Waals surface area contributed by atoms with Gasteiger partial charge in [0.1, 0.15) is 6.04 Å². The molecule has 3 aromatic carbocycles. The summed E-state index contributed by atoms with van der Waals surface area (Å²) in [5.74, 6) is -0.235. The van der Waals surface area contributed by atoms with Crippen molar-refractivity contribution in [2.75, 3.05) is 10.6 Å². The van der Waals surface area contributed by atoms with Crippen LogP contribution in [0, 0.1) is 0 Å². The van der Waals surface area contributed by atoms with Gasteiger partial charge in [-0.3, -0.25) is 4.79 Å². The Morgan fingerprint density at radius 1 is 0.923 bits per heavy atom. The van der Waals surface area contributed by atoms with Crippen LogP contribution >= 0.6 is 0 Å². The van der Waals surface area contributed by atoms with Crippen LogP contribution in [0.1, 0.15) is 6.92 Å². The molecule has 3 rings (SSSR count). The van der Waals surface area contributed by atoms with Gasteiger partial charge in [-0.15, -0.1) is 0 Å². The van der Waals surface area contributed by atoms with E-state index < -0.39 is 16.1 Å². The second-order valence-electron chi connectivity index (χ2n) is 5.99. The topological polar surface area (TPSA) is 101 Å². The van der Waals surface area contributed by atoms with E-state index in [9.17, 15) is 13.2 Å². The highest BCUT2D eigenvalue weighted by Crippen LogP contribution is 2.20. The van der Waals surface area contributed by atoms with E-state index in [1.54, 1.807) is 6.92 Å². The Hall–Kier alpha value is -2.90. The van der Waals surface area contributed by atoms with Crippen molar-refractivity contribution in [2.45, 2.75) is 17.9 Å². The molecule has 0 aliphatic rings. The highest BCUT2D eigenvalue weighted by Gasteiger charge is 2.14. The zero-order chi connectivity index (χ0) is 18.7. The van der Waals surface area contributed by atoms with Crippen LogP contribution < -0.4 is 15.8 Å². The van der Waals surface area contributed by atoms with Crippen molar-refractivity contribution in [1.29, 1.82) is 0 Å².